The number of hydrogen-bond acceptors (Lipinski definition) is 3. The van der Waals surface area contributed by atoms with Gasteiger partial charge in [0, 0.05) is 12.7 Å². The molecule has 0 radical (unpaired) electrons. The molecule has 1 aromatic heterocycles. The Labute approximate surface area is 141 Å². The van der Waals surface area contributed by atoms with Crippen LogP contribution in [0, 0.1) is 5.82 Å². The van der Waals surface area contributed by atoms with Gasteiger partial charge < -0.3 is 15.0 Å². The van der Waals surface area contributed by atoms with E-state index in [1.54, 1.807) is 23.2 Å². The fourth-order valence-electron chi connectivity index (χ4n) is 2.19. The number of aromatic nitrogens is 1. The molecular weight excluding hydrogens is 365 g/mol. The summed E-state index contributed by atoms with van der Waals surface area (Å²) in [6.07, 6.45) is 1.60. The summed E-state index contributed by atoms with van der Waals surface area (Å²) in [7, 11) is 0. The van der Waals surface area contributed by atoms with Gasteiger partial charge in [0.1, 0.15) is 11.9 Å². The first-order chi connectivity index (χ1) is 11.1. The van der Waals surface area contributed by atoms with Crippen LogP contribution in [-0.4, -0.2) is 35.1 Å². The van der Waals surface area contributed by atoms with E-state index in [2.05, 4.69) is 26.2 Å². The lowest BCUT2D eigenvalue weighted by molar-refractivity contribution is 0.0407. The van der Waals surface area contributed by atoms with E-state index in [0.29, 0.717) is 25.5 Å². The highest BCUT2D eigenvalue weighted by Gasteiger charge is 2.32. The lowest BCUT2D eigenvalue weighted by Crippen LogP contribution is -2.58. The second-order valence-corrected chi connectivity index (χ2v) is 6.07. The molecule has 1 aliphatic rings. The second kappa shape index (κ2) is 6.95. The summed E-state index contributed by atoms with van der Waals surface area (Å²) in [5.41, 5.74) is 0.852. The van der Waals surface area contributed by atoms with Gasteiger partial charge in [-0.2, -0.15) is 0 Å². The lowest BCUT2D eigenvalue weighted by Gasteiger charge is -2.38. The third-order valence-electron chi connectivity index (χ3n) is 3.50. The van der Waals surface area contributed by atoms with Crippen molar-refractivity contribution in [3.8, 4) is 5.88 Å². The monoisotopic (exact) mass is 379 g/mol. The minimum absolute atomic E-state index is 0.0576. The van der Waals surface area contributed by atoms with Crippen molar-refractivity contribution in [2.24, 2.45) is 0 Å². The number of nitrogens with zero attached hydrogens (tertiary/aromatic N) is 2. The number of pyridine rings is 1. The molecule has 2 heterocycles. The molecule has 0 bridgehead atoms. The van der Waals surface area contributed by atoms with Crippen LogP contribution in [0.3, 0.4) is 0 Å². The van der Waals surface area contributed by atoms with Crippen molar-refractivity contribution in [1.82, 2.24) is 15.2 Å². The highest BCUT2D eigenvalue weighted by atomic mass is 79.9. The molecule has 1 aromatic carbocycles. The Morgan fingerprint density at radius 1 is 1.35 bits per heavy atom. The zero-order valence-electron chi connectivity index (χ0n) is 12.2. The van der Waals surface area contributed by atoms with Gasteiger partial charge in [-0.05, 0) is 45.8 Å². The summed E-state index contributed by atoms with van der Waals surface area (Å²) in [5.74, 6) is 0.243. The first kappa shape index (κ1) is 15.7. The van der Waals surface area contributed by atoms with E-state index < -0.39 is 0 Å². The van der Waals surface area contributed by atoms with E-state index in [-0.39, 0.29) is 18.0 Å². The van der Waals surface area contributed by atoms with Crippen molar-refractivity contribution < 1.29 is 13.9 Å². The van der Waals surface area contributed by atoms with E-state index in [9.17, 15) is 9.18 Å². The molecule has 23 heavy (non-hydrogen) atoms. The average molecular weight is 380 g/mol. The standard InChI is InChI=1S/C16H15BrFN3O2/c17-14-2-1-7-19-15(14)23-13-9-21(10-13)16(22)20-8-11-3-5-12(18)6-4-11/h1-7,13H,8-10H2,(H,20,22). The molecule has 1 fully saturated rings. The predicted molar refractivity (Wildman–Crippen MR) is 86.6 cm³/mol. The molecule has 7 heteroatoms. The number of ether oxygens (including phenoxy) is 1. The van der Waals surface area contributed by atoms with Crippen LogP contribution in [0.25, 0.3) is 0 Å². The summed E-state index contributed by atoms with van der Waals surface area (Å²) < 4.78 is 19.3. The van der Waals surface area contributed by atoms with E-state index in [1.807, 2.05) is 12.1 Å². The quantitative estimate of drug-likeness (QED) is 0.888. The predicted octanol–water partition coefficient (Wildman–Crippen LogP) is 2.96. The highest BCUT2D eigenvalue weighted by Crippen LogP contribution is 2.24. The van der Waals surface area contributed by atoms with Crippen molar-refractivity contribution in [2.45, 2.75) is 12.6 Å². The fraction of sp³-hybridized carbons (Fsp3) is 0.250. The molecule has 0 atom stereocenters. The van der Waals surface area contributed by atoms with Gasteiger partial charge in [-0.3, -0.25) is 0 Å². The lowest BCUT2D eigenvalue weighted by atomic mass is 10.2. The van der Waals surface area contributed by atoms with Gasteiger partial charge in [0.25, 0.3) is 0 Å². The van der Waals surface area contributed by atoms with E-state index in [1.165, 1.54) is 12.1 Å². The van der Waals surface area contributed by atoms with Gasteiger partial charge in [0.05, 0.1) is 17.6 Å². The van der Waals surface area contributed by atoms with Crippen LogP contribution in [0.5, 0.6) is 5.88 Å². The van der Waals surface area contributed by atoms with Gasteiger partial charge in [-0.1, -0.05) is 12.1 Å². The number of carbonyl (C=O) groups is 1. The maximum absolute atomic E-state index is 12.8. The average Bonchev–Trinajstić information content (AvgIpc) is 2.51. The van der Waals surface area contributed by atoms with Crippen LogP contribution in [0.1, 0.15) is 5.56 Å². The van der Waals surface area contributed by atoms with Crippen molar-refractivity contribution >= 4 is 22.0 Å². The molecule has 1 saturated heterocycles. The first-order valence-electron chi connectivity index (χ1n) is 7.16. The topological polar surface area (TPSA) is 54.5 Å². The molecule has 1 aliphatic heterocycles. The Kier molecular flexibility index (Phi) is 4.76. The number of amides is 2. The van der Waals surface area contributed by atoms with Crippen LogP contribution < -0.4 is 10.1 Å². The Morgan fingerprint density at radius 2 is 2.09 bits per heavy atom. The third-order valence-corrected chi connectivity index (χ3v) is 4.10. The third kappa shape index (κ3) is 3.98. The smallest absolute Gasteiger partial charge is 0.317 e. The summed E-state index contributed by atoms with van der Waals surface area (Å²) in [6.45, 7) is 1.39. The number of carbonyl (C=O) groups excluding carboxylic acids is 1. The number of hydrogen-bond donors (Lipinski definition) is 1. The zero-order chi connectivity index (χ0) is 16.2. The van der Waals surface area contributed by atoms with Gasteiger partial charge in [-0.25, -0.2) is 14.2 Å². The molecular formula is C16H15BrFN3O2. The summed E-state index contributed by atoms with van der Waals surface area (Å²) >= 11 is 3.37. The van der Waals surface area contributed by atoms with E-state index in [4.69, 9.17) is 4.74 Å². The number of halogens is 2. The van der Waals surface area contributed by atoms with E-state index >= 15 is 0 Å². The fourth-order valence-corrected chi connectivity index (χ4v) is 2.53. The molecule has 0 aliphatic carbocycles. The normalized spacial score (nSPS) is 14.3. The second-order valence-electron chi connectivity index (χ2n) is 5.22. The molecule has 0 spiro atoms. The maximum atomic E-state index is 12.8. The van der Waals surface area contributed by atoms with E-state index in [0.717, 1.165) is 10.0 Å². The molecule has 0 unspecified atom stereocenters. The molecule has 120 valence electrons. The summed E-state index contributed by atoms with van der Waals surface area (Å²) in [4.78, 5) is 17.8. The minimum atomic E-state index is -0.288. The maximum Gasteiger partial charge on any atom is 0.317 e. The van der Waals surface area contributed by atoms with Crippen molar-refractivity contribution in [3.63, 3.8) is 0 Å². The molecule has 0 saturated carbocycles. The minimum Gasteiger partial charge on any atom is -0.470 e. The van der Waals surface area contributed by atoms with Gasteiger partial charge >= 0.3 is 6.03 Å². The number of nitrogens with one attached hydrogen (secondary N) is 1. The van der Waals surface area contributed by atoms with Gasteiger partial charge in [-0.15, -0.1) is 0 Å². The SMILES string of the molecule is O=C(NCc1ccc(F)cc1)N1CC(Oc2ncccc2Br)C1. The zero-order valence-corrected chi connectivity index (χ0v) is 13.8. The molecule has 5 nitrogen and oxygen atoms in total. The van der Waals surface area contributed by atoms with Crippen LogP contribution in [0.4, 0.5) is 9.18 Å². The molecule has 2 aromatic rings. The first-order valence-corrected chi connectivity index (χ1v) is 7.95. The van der Waals surface area contributed by atoms with Gasteiger partial charge in [0.2, 0.25) is 5.88 Å². The Balaban J connectivity index is 1.43. The number of benzene rings is 1. The number of urea groups is 1. The molecule has 3 rings (SSSR count). The summed E-state index contributed by atoms with van der Waals surface area (Å²) in [6, 6.07) is 9.56. The number of likely N-dealkylation sites (tertiary alicyclic amines) is 1. The summed E-state index contributed by atoms with van der Waals surface area (Å²) in [5, 5.41) is 2.80. The van der Waals surface area contributed by atoms with Crippen LogP contribution >= 0.6 is 15.9 Å². The van der Waals surface area contributed by atoms with Gasteiger partial charge in [0.15, 0.2) is 0 Å². The Bertz CT molecular complexity index is 690. The molecule has 1 N–H and O–H groups in total. The van der Waals surface area contributed by atoms with Crippen LogP contribution in [0.2, 0.25) is 0 Å². The largest absolute Gasteiger partial charge is 0.470 e. The van der Waals surface area contributed by atoms with Crippen molar-refractivity contribution in [3.05, 3.63) is 58.4 Å². The Hall–Kier alpha value is -2.15. The Morgan fingerprint density at radius 3 is 2.78 bits per heavy atom. The van der Waals surface area contributed by atoms with Crippen molar-refractivity contribution in [1.29, 1.82) is 0 Å². The van der Waals surface area contributed by atoms with Crippen molar-refractivity contribution in [2.75, 3.05) is 13.1 Å². The number of rotatable bonds is 4. The van der Waals surface area contributed by atoms with Crippen LogP contribution in [-0.2, 0) is 6.54 Å². The van der Waals surface area contributed by atoms with Crippen LogP contribution in [0.15, 0.2) is 47.1 Å². The highest BCUT2D eigenvalue weighted by molar-refractivity contribution is 9.10. The molecule has 2 amide bonds.